The number of aromatic nitrogens is 1. The molecule has 0 aliphatic carbocycles. The fraction of sp³-hybridized carbons (Fsp3) is 0.0588. The highest BCUT2D eigenvalue weighted by molar-refractivity contribution is 5.97. The zero-order valence-electron chi connectivity index (χ0n) is 11.2. The van der Waals surface area contributed by atoms with Crippen LogP contribution in [-0.4, -0.2) is 10.9 Å². The lowest BCUT2D eigenvalue weighted by molar-refractivity contribution is 0.0950. The maximum atomic E-state index is 13.5. The normalized spacial score (nSPS) is 10.5. The second-order valence-electron chi connectivity index (χ2n) is 4.68. The molecule has 0 saturated carbocycles. The monoisotopic (exact) mass is 280 g/mol. The molecular formula is C17H13FN2O. The van der Waals surface area contributed by atoms with E-state index in [1.165, 1.54) is 6.07 Å². The highest BCUT2D eigenvalue weighted by atomic mass is 19.1. The number of benzene rings is 2. The van der Waals surface area contributed by atoms with E-state index in [4.69, 9.17) is 0 Å². The first-order valence-electron chi connectivity index (χ1n) is 6.60. The second kappa shape index (κ2) is 5.71. The number of nitrogens with zero attached hydrogens (tertiary/aromatic N) is 1. The fourth-order valence-electron chi connectivity index (χ4n) is 2.14. The second-order valence-corrected chi connectivity index (χ2v) is 4.68. The summed E-state index contributed by atoms with van der Waals surface area (Å²) in [5.74, 6) is -0.551. The molecule has 3 nitrogen and oxygen atoms in total. The van der Waals surface area contributed by atoms with Crippen molar-refractivity contribution >= 4 is 16.8 Å². The van der Waals surface area contributed by atoms with E-state index >= 15 is 0 Å². The summed E-state index contributed by atoms with van der Waals surface area (Å²) >= 11 is 0. The van der Waals surface area contributed by atoms with Crippen LogP contribution in [0.15, 0.2) is 60.8 Å². The fourth-order valence-corrected chi connectivity index (χ4v) is 2.14. The minimum absolute atomic E-state index is 0.163. The summed E-state index contributed by atoms with van der Waals surface area (Å²) < 4.78 is 13.5. The summed E-state index contributed by atoms with van der Waals surface area (Å²) in [4.78, 5) is 16.3. The lowest BCUT2D eigenvalue weighted by Crippen LogP contribution is -2.23. The molecule has 0 unspecified atom stereocenters. The van der Waals surface area contributed by atoms with Crippen LogP contribution in [-0.2, 0) is 6.54 Å². The maximum absolute atomic E-state index is 13.5. The zero-order valence-corrected chi connectivity index (χ0v) is 11.2. The van der Waals surface area contributed by atoms with Gasteiger partial charge in [-0.15, -0.1) is 0 Å². The molecule has 1 heterocycles. The third-order valence-electron chi connectivity index (χ3n) is 3.26. The minimum Gasteiger partial charge on any atom is -0.348 e. The number of carbonyl (C=O) groups is 1. The van der Waals surface area contributed by atoms with Crippen LogP contribution in [0, 0.1) is 5.82 Å². The van der Waals surface area contributed by atoms with Crippen LogP contribution in [0.4, 0.5) is 4.39 Å². The van der Waals surface area contributed by atoms with Gasteiger partial charge in [0.1, 0.15) is 5.82 Å². The zero-order chi connectivity index (χ0) is 14.7. The van der Waals surface area contributed by atoms with Crippen molar-refractivity contribution in [2.45, 2.75) is 6.54 Å². The maximum Gasteiger partial charge on any atom is 0.251 e. The van der Waals surface area contributed by atoms with Crippen LogP contribution >= 0.6 is 0 Å². The molecule has 0 bridgehead atoms. The van der Waals surface area contributed by atoms with E-state index in [0.717, 1.165) is 10.9 Å². The van der Waals surface area contributed by atoms with Crippen molar-refractivity contribution in [3.05, 3.63) is 77.7 Å². The number of nitrogens with one attached hydrogen (secondary N) is 1. The summed E-state index contributed by atoms with van der Waals surface area (Å²) in [5.41, 5.74) is 1.84. The summed E-state index contributed by atoms with van der Waals surface area (Å²) in [7, 11) is 0. The molecule has 21 heavy (non-hydrogen) atoms. The first-order chi connectivity index (χ1) is 10.2. The molecule has 0 spiro atoms. The van der Waals surface area contributed by atoms with Gasteiger partial charge in [-0.2, -0.15) is 0 Å². The van der Waals surface area contributed by atoms with E-state index in [1.54, 1.807) is 42.6 Å². The topological polar surface area (TPSA) is 42.0 Å². The Morgan fingerprint density at radius 1 is 1.10 bits per heavy atom. The van der Waals surface area contributed by atoms with E-state index in [-0.39, 0.29) is 18.3 Å². The van der Waals surface area contributed by atoms with Crippen LogP contribution in [0.2, 0.25) is 0 Å². The van der Waals surface area contributed by atoms with E-state index in [2.05, 4.69) is 10.3 Å². The number of pyridine rings is 1. The smallest absolute Gasteiger partial charge is 0.251 e. The van der Waals surface area contributed by atoms with Crippen molar-refractivity contribution in [3.8, 4) is 0 Å². The Morgan fingerprint density at radius 2 is 1.95 bits per heavy atom. The van der Waals surface area contributed by atoms with Crippen molar-refractivity contribution < 1.29 is 9.18 Å². The number of fused-ring (bicyclic) bond motifs is 1. The molecule has 104 valence electrons. The third-order valence-corrected chi connectivity index (χ3v) is 3.26. The van der Waals surface area contributed by atoms with Crippen LogP contribution < -0.4 is 5.32 Å². The number of rotatable bonds is 3. The Hall–Kier alpha value is -2.75. The molecular weight excluding hydrogens is 267 g/mol. The quantitative estimate of drug-likeness (QED) is 0.799. The van der Waals surface area contributed by atoms with Gasteiger partial charge in [-0.05, 0) is 30.3 Å². The summed E-state index contributed by atoms with van der Waals surface area (Å²) in [6, 6.07) is 15.4. The Labute approximate surface area is 121 Å². The summed E-state index contributed by atoms with van der Waals surface area (Å²) in [6.45, 7) is 0.163. The van der Waals surface area contributed by atoms with Crippen molar-refractivity contribution in [2.24, 2.45) is 0 Å². The highest BCUT2D eigenvalue weighted by Crippen LogP contribution is 2.13. The van der Waals surface area contributed by atoms with Crippen LogP contribution in [0.3, 0.4) is 0 Å². The first kappa shape index (κ1) is 13.2. The molecule has 1 N–H and O–H groups in total. The average molecular weight is 280 g/mol. The molecule has 3 rings (SSSR count). The van der Waals surface area contributed by atoms with Gasteiger partial charge in [0.25, 0.3) is 5.91 Å². The van der Waals surface area contributed by atoms with E-state index in [9.17, 15) is 9.18 Å². The number of hydrogen-bond acceptors (Lipinski definition) is 2. The largest absolute Gasteiger partial charge is 0.348 e. The van der Waals surface area contributed by atoms with Gasteiger partial charge in [-0.25, -0.2) is 4.39 Å². The first-order valence-corrected chi connectivity index (χ1v) is 6.60. The number of carbonyl (C=O) groups excluding carboxylic acids is 1. The van der Waals surface area contributed by atoms with Crippen molar-refractivity contribution in [2.75, 3.05) is 0 Å². The van der Waals surface area contributed by atoms with Gasteiger partial charge >= 0.3 is 0 Å². The Kier molecular flexibility index (Phi) is 3.60. The lowest BCUT2D eigenvalue weighted by Gasteiger charge is -2.07. The van der Waals surface area contributed by atoms with Crippen LogP contribution in [0.1, 0.15) is 15.9 Å². The van der Waals surface area contributed by atoms with Gasteiger partial charge in [-0.1, -0.05) is 24.3 Å². The van der Waals surface area contributed by atoms with Gasteiger partial charge in [-0.3, -0.25) is 9.78 Å². The standard InChI is InChI=1S/C17H13FN2O/c18-15-6-2-1-4-14(15)11-20-17(21)13-7-8-16-12(10-13)5-3-9-19-16/h1-10H,11H2,(H,20,21). The summed E-state index contributed by atoms with van der Waals surface area (Å²) in [6.07, 6.45) is 1.71. The average Bonchev–Trinajstić information content (AvgIpc) is 2.53. The SMILES string of the molecule is O=C(NCc1ccccc1F)c1ccc2ncccc2c1. The Morgan fingerprint density at radius 3 is 2.81 bits per heavy atom. The van der Waals surface area contributed by atoms with Gasteiger partial charge in [0.15, 0.2) is 0 Å². The predicted octanol–water partition coefficient (Wildman–Crippen LogP) is 3.30. The molecule has 3 aromatic rings. The molecule has 0 atom stereocenters. The molecule has 0 radical (unpaired) electrons. The number of amides is 1. The Balaban J connectivity index is 1.76. The molecule has 0 saturated heterocycles. The van der Waals surface area contributed by atoms with Gasteiger partial charge in [0.2, 0.25) is 0 Å². The molecule has 1 amide bonds. The Bertz CT molecular complexity index is 801. The van der Waals surface area contributed by atoms with Gasteiger partial charge in [0, 0.05) is 29.3 Å². The third kappa shape index (κ3) is 2.89. The molecule has 0 fully saturated rings. The van der Waals surface area contributed by atoms with E-state index in [1.807, 2.05) is 12.1 Å². The van der Waals surface area contributed by atoms with E-state index < -0.39 is 0 Å². The number of halogens is 1. The molecule has 2 aromatic carbocycles. The highest BCUT2D eigenvalue weighted by Gasteiger charge is 2.08. The molecule has 0 aliphatic rings. The molecule has 4 heteroatoms. The van der Waals surface area contributed by atoms with Gasteiger partial charge in [0.05, 0.1) is 5.52 Å². The van der Waals surface area contributed by atoms with Crippen molar-refractivity contribution in [1.82, 2.24) is 10.3 Å². The van der Waals surface area contributed by atoms with Crippen LogP contribution in [0.25, 0.3) is 10.9 Å². The number of hydrogen-bond donors (Lipinski definition) is 1. The summed E-state index contributed by atoms with van der Waals surface area (Å²) in [5, 5.41) is 3.62. The molecule has 1 aromatic heterocycles. The minimum atomic E-state index is -0.319. The van der Waals surface area contributed by atoms with Crippen molar-refractivity contribution in [1.29, 1.82) is 0 Å². The lowest BCUT2D eigenvalue weighted by atomic mass is 10.1. The van der Waals surface area contributed by atoms with Gasteiger partial charge < -0.3 is 5.32 Å². The van der Waals surface area contributed by atoms with E-state index in [0.29, 0.717) is 11.1 Å². The van der Waals surface area contributed by atoms with Crippen LogP contribution in [0.5, 0.6) is 0 Å². The molecule has 0 aliphatic heterocycles. The van der Waals surface area contributed by atoms with Crippen molar-refractivity contribution in [3.63, 3.8) is 0 Å². The predicted molar refractivity (Wildman–Crippen MR) is 79.3 cm³/mol.